The summed E-state index contributed by atoms with van der Waals surface area (Å²) in [6, 6.07) is 5.44. The number of hydrogen-bond acceptors (Lipinski definition) is 4. The Kier molecular flexibility index (Phi) is 3.41. The lowest BCUT2D eigenvalue weighted by molar-refractivity contribution is -0.566. The molecule has 0 aromatic heterocycles. The number of benzene rings is 1. The maximum absolute atomic E-state index is 12.5. The minimum Gasteiger partial charge on any atom is -0.715 e. The second-order valence-electron chi connectivity index (χ2n) is 6.52. The van der Waals surface area contributed by atoms with Crippen LogP contribution in [-0.4, -0.2) is 31.6 Å². The van der Waals surface area contributed by atoms with E-state index >= 15 is 0 Å². The molecule has 0 amide bonds. The van der Waals surface area contributed by atoms with Gasteiger partial charge in [0.2, 0.25) is 0 Å². The molecule has 1 aliphatic heterocycles. The van der Waals surface area contributed by atoms with E-state index in [0.29, 0.717) is 21.8 Å². The average Bonchev–Trinajstić information content (AvgIpc) is 2.36. The van der Waals surface area contributed by atoms with Crippen LogP contribution in [0.4, 0.5) is 5.69 Å². The van der Waals surface area contributed by atoms with Gasteiger partial charge < -0.3 is 5.21 Å². The number of non-ortho nitro benzene ring substituents is 1. The summed E-state index contributed by atoms with van der Waals surface area (Å²) in [5.41, 5.74) is -1.14. The van der Waals surface area contributed by atoms with Crippen molar-refractivity contribution in [2.45, 2.75) is 45.2 Å². The summed E-state index contributed by atoms with van der Waals surface area (Å²) < 4.78 is 0.701. The summed E-state index contributed by atoms with van der Waals surface area (Å²) in [5, 5.41) is 36.3. The maximum Gasteiger partial charge on any atom is 0.316 e. The van der Waals surface area contributed by atoms with Crippen LogP contribution in [0.15, 0.2) is 24.3 Å². The summed E-state index contributed by atoms with van der Waals surface area (Å²) in [4.78, 5) is 10.2. The molecule has 0 saturated heterocycles. The monoisotopic (exact) mass is 292 g/mol. The fourth-order valence-corrected chi connectivity index (χ4v) is 2.82. The Morgan fingerprint density at radius 1 is 1.19 bits per heavy atom. The molecule has 1 aromatic rings. The second kappa shape index (κ2) is 4.70. The van der Waals surface area contributed by atoms with E-state index < -0.39 is 16.0 Å². The van der Waals surface area contributed by atoms with E-state index in [-0.39, 0.29) is 11.5 Å². The minimum atomic E-state index is -0.721. The van der Waals surface area contributed by atoms with E-state index in [1.54, 1.807) is 27.7 Å². The Bertz CT molecular complexity index is 605. The van der Waals surface area contributed by atoms with Gasteiger partial charge in [-0.05, 0) is 39.8 Å². The van der Waals surface area contributed by atoms with Crippen molar-refractivity contribution in [3.05, 3.63) is 45.2 Å². The largest absolute Gasteiger partial charge is 0.715 e. The van der Waals surface area contributed by atoms with Crippen LogP contribution in [0.25, 0.3) is 0 Å². The van der Waals surface area contributed by atoms with Gasteiger partial charge in [0.15, 0.2) is 0 Å². The van der Waals surface area contributed by atoms with Crippen molar-refractivity contribution in [3.8, 4) is 0 Å². The van der Waals surface area contributed by atoms with Crippen LogP contribution in [-0.2, 0) is 5.21 Å². The first kappa shape index (κ1) is 15.2. The van der Waals surface area contributed by atoms with Crippen molar-refractivity contribution in [2.75, 3.05) is 0 Å². The first-order chi connectivity index (χ1) is 9.56. The summed E-state index contributed by atoms with van der Waals surface area (Å²) in [7, 11) is 0. The molecule has 0 N–H and O–H groups in total. The van der Waals surface area contributed by atoms with Gasteiger partial charge in [-0.2, -0.15) is 0 Å². The van der Waals surface area contributed by atoms with Gasteiger partial charge in [0.05, 0.1) is 10.5 Å². The van der Waals surface area contributed by atoms with Crippen LogP contribution in [0.5, 0.6) is 0 Å². The van der Waals surface area contributed by atoms with Crippen molar-refractivity contribution < 1.29 is 14.9 Å². The Labute approximate surface area is 122 Å². The number of hydrogen-bond donors (Lipinski definition) is 0. The third kappa shape index (κ3) is 2.56. The van der Waals surface area contributed by atoms with Crippen LogP contribution in [0, 0.1) is 15.3 Å². The molecule has 0 aliphatic carbocycles. The zero-order chi connectivity index (χ0) is 16.0. The summed E-state index contributed by atoms with van der Waals surface area (Å²) in [6.45, 7) is 7.11. The van der Waals surface area contributed by atoms with Gasteiger partial charge in [0.1, 0.15) is 11.1 Å². The van der Waals surface area contributed by atoms with E-state index in [2.05, 4.69) is 0 Å². The third-order valence-corrected chi connectivity index (χ3v) is 3.69. The Hall–Kier alpha value is -2.15. The van der Waals surface area contributed by atoms with Crippen molar-refractivity contribution in [3.63, 3.8) is 0 Å². The van der Waals surface area contributed by atoms with Gasteiger partial charge in [-0.25, -0.2) is 0 Å². The highest BCUT2D eigenvalue weighted by molar-refractivity contribution is 5.95. The fourth-order valence-electron chi connectivity index (χ4n) is 2.82. The van der Waals surface area contributed by atoms with Crippen LogP contribution >= 0.6 is 0 Å². The van der Waals surface area contributed by atoms with Crippen LogP contribution in [0.2, 0.25) is 0 Å². The van der Waals surface area contributed by atoms with E-state index in [4.69, 9.17) is 0 Å². The maximum atomic E-state index is 12.5. The lowest BCUT2D eigenvalue weighted by Gasteiger charge is -2.43. The van der Waals surface area contributed by atoms with Crippen LogP contribution in [0.1, 0.15) is 39.7 Å². The number of rotatable bonds is 2. The molecule has 1 aliphatic rings. The zero-order valence-electron chi connectivity index (χ0n) is 12.5. The molecule has 0 unspecified atom stereocenters. The molecular formula is C14H18N3O4. The molecule has 0 spiro atoms. The normalized spacial score (nSPS) is 20.5. The molecule has 1 radical (unpaired) electrons. The topological polar surface area (TPSA) is 92.3 Å². The van der Waals surface area contributed by atoms with Crippen molar-refractivity contribution >= 4 is 11.5 Å². The zero-order valence-corrected chi connectivity index (χ0v) is 12.5. The highest BCUT2D eigenvalue weighted by atomic mass is 16.6. The molecule has 1 aromatic carbocycles. The predicted molar refractivity (Wildman–Crippen MR) is 76.1 cm³/mol. The van der Waals surface area contributed by atoms with Crippen molar-refractivity contribution in [2.24, 2.45) is 0 Å². The minimum absolute atomic E-state index is 0.00820. The van der Waals surface area contributed by atoms with Crippen molar-refractivity contribution in [1.82, 2.24) is 5.06 Å². The molecule has 7 heteroatoms. The van der Waals surface area contributed by atoms with E-state index in [1.807, 2.05) is 0 Å². The first-order valence-electron chi connectivity index (χ1n) is 6.63. The molecular weight excluding hydrogens is 274 g/mol. The Balaban J connectivity index is 2.55. The number of nitro groups is 1. The first-order valence-corrected chi connectivity index (χ1v) is 6.63. The summed E-state index contributed by atoms with van der Waals surface area (Å²) in [6.07, 6.45) is 0.420. The SMILES string of the molecule is CC1(C)CC(C)(C)[N+]([O-])=C(c2ccc([N+](=O)[O-])cc2)N1[O]. The third-order valence-electron chi connectivity index (χ3n) is 3.69. The second-order valence-corrected chi connectivity index (χ2v) is 6.52. The number of amidine groups is 1. The van der Waals surface area contributed by atoms with Gasteiger partial charge in [0.25, 0.3) is 5.69 Å². The van der Waals surface area contributed by atoms with E-state index in [1.165, 1.54) is 24.3 Å². The number of nitrogens with zero attached hydrogens (tertiary/aromatic N) is 3. The summed E-state index contributed by atoms with van der Waals surface area (Å²) in [5.74, 6) is -0.00820. The molecule has 0 atom stereocenters. The molecule has 1 heterocycles. The van der Waals surface area contributed by atoms with Gasteiger partial charge in [-0.15, -0.1) is 0 Å². The van der Waals surface area contributed by atoms with Gasteiger partial charge in [-0.1, -0.05) is 5.06 Å². The smallest absolute Gasteiger partial charge is 0.316 e. The predicted octanol–water partition coefficient (Wildman–Crippen LogP) is 2.46. The Morgan fingerprint density at radius 3 is 2.19 bits per heavy atom. The molecule has 21 heavy (non-hydrogen) atoms. The quantitative estimate of drug-likeness (QED) is 0.362. The van der Waals surface area contributed by atoms with Gasteiger partial charge >= 0.3 is 5.84 Å². The lowest BCUT2D eigenvalue weighted by Crippen LogP contribution is -2.59. The molecule has 0 bridgehead atoms. The molecule has 113 valence electrons. The highest BCUT2D eigenvalue weighted by Gasteiger charge is 2.50. The van der Waals surface area contributed by atoms with Gasteiger partial charge in [-0.3, -0.25) is 14.9 Å². The Morgan fingerprint density at radius 2 is 1.71 bits per heavy atom. The number of nitro benzene ring substituents is 1. The molecule has 0 saturated carbocycles. The average molecular weight is 292 g/mol. The molecule has 2 rings (SSSR count). The highest BCUT2D eigenvalue weighted by Crippen LogP contribution is 2.34. The summed E-state index contributed by atoms with van der Waals surface area (Å²) >= 11 is 0. The molecule has 0 fully saturated rings. The van der Waals surface area contributed by atoms with E-state index in [0.717, 1.165) is 0 Å². The lowest BCUT2D eigenvalue weighted by atomic mass is 9.84. The number of hydroxylamine groups is 3. The van der Waals surface area contributed by atoms with Crippen LogP contribution < -0.4 is 0 Å². The van der Waals surface area contributed by atoms with Gasteiger partial charge in [0, 0.05) is 23.8 Å². The van der Waals surface area contributed by atoms with E-state index in [9.17, 15) is 20.5 Å². The van der Waals surface area contributed by atoms with Crippen molar-refractivity contribution in [1.29, 1.82) is 0 Å². The fraction of sp³-hybridized carbons (Fsp3) is 0.500. The molecule has 7 nitrogen and oxygen atoms in total. The standard InChI is InChI=1S/C14H18N3O4/c1-13(2)9-14(3,4)16(19)12(15(13)18)10-5-7-11(8-6-10)17(20)21/h5-8H,9H2,1-4H3. The van der Waals surface area contributed by atoms with Crippen LogP contribution in [0.3, 0.4) is 0 Å².